The Hall–Kier alpha value is -3.30. The molecule has 0 saturated heterocycles. The van der Waals surface area contributed by atoms with Gasteiger partial charge in [-0.1, -0.05) is 6.07 Å². The molecule has 0 atom stereocenters. The number of anilines is 1. The number of rotatable bonds is 8. The molecule has 8 nitrogen and oxygen atoms in total. The molecule has 1 N–H and O–H groups in total. The lowest BCUT2D eigenvalue weighted by Crippen LogP contribution is -2.31. The predicted octanol–water partition coefficient (Wildman–Crippen LogP) is 4.11. The second-order valence-electron chi connectivity index (χ2n) is 7.55. The number of carbonyl (C=O) groups is 2. The zero-order valence-electron chi connectivity index (χ0n) is 18.8. The molecule has 3 aromatic rings. The molecule has 3 heterocycles. The summed E-state index contributed by atoms with van der Waals surface area (Å²) in [5, 5.41) is 1.97. The van der Waals surface area contributed by atoms with Gasteiger partial charge in [0, 0.05) is 29.4 Å². The SMILES string of the molecule is COCCOC(=O)c1c(C)[nH]c(C(=O)N(Cc2cccs2)c2ccc3c(c2)OCCO3)c1C. The third kappa shape index (κ3) is 4.89. The van der Waals surface area contributed by atoms with Gasteiger partial charge in [0.2, 0.25) is 0 Å². The smallest absolute Gasteiger partial charge is 0.340 e. The Bertz CT molecular complexity index is 1140. The van der Waals surface area contributed by atoms with Crippen molar-refractivity contribution in [3.8, 4) is 11.5 Å². The Kier molecular flexibility index (Phi) is 7.00. The minimum Gasteiger partial charge on any atom is -0.486 e. The number of H-pyrrole nitrogens is 1. The number of thiophene rings is 1. The molecule has 0 fully saturated rings. The Morgan fingerprint density at radius 3 is 2.64 bits per heavy atom. The van der Waals surface area contributed by atoms with Crippen molar-refractivity contribution < 1.29 is 28.5 Å². The average molecular weight is 471 g/mol. The molecule has 0 radical (unpaired) electrons. The number of benzene rings is 1. The number of nitrogens with one attached hydrogen (secondary N) is 1. The van der Waals surface area contributed by atoms with Crippen molar-refractivity contribution in [2.75, 3.05) is 38.4 Å². The number of aromatic nitrogens is 1. The highest BCUT2D eigenvalue weighted by molar-refractivity contribution is 7.09. The molecule has 1 aliphatic rings. The number of hydrogen-bond donors (Lipinski definition) is 1. The second kappa shape index (κ2) is 10.1. The molecule has 0 unspecified atom stereocenters. The van der Waals surface area contributed by atoms with Gasteiger partial charge in [0.15, 0.2) is 11.5 Å². The van der Waals surface area contributed by atoms with Gasteiger partial charge in [-0.05, 0) is 43.0 Å². The van der Waals surface area contributed by atoms with E-state index in [4.69, 9.17) is 18.9 Å². The molecule has 33 heavy (non-hydrogen) atoms. The van der Waals surface area contributed by atoms with Crippen LogP contribution in [-0.4, -0.2) is 50.4 Å². The second-order valence-corrected chi connectivity index (χ2v) is 8.58. The van der Waals surface area contributed by atoms with Crippen LogP contribution in [0.25, 0.3) is 0 Å². The van der Waals surface area contributed by atoms with Gasteiger partial charge in [-0.3, -0.25) is 4.79 Å². The number of aromatic amines is 1. The van der Waals surface area contributed by atoms with Crippen molar-refractivity contribution in [3.05, 3.63) is 63.1 Å². The van der Waals surface area contributed by atoms with E-state index in [1.54, 1.807) is 30.1 Å². The Morgan fingerprint density at radius 2 is 1.91 bits per heavy atom. The van der Waals surface area contributed by atoms with Gasteiger partial charge >= 0.3 is 5.97 Å². The summed E-state index contributed by atoms with van der Waals surface area (Å²) in [6.07, 6.45) is 0. The molecule has 1 aliphatic heterocycles. The molecule has 1 aromatic carbocycles. The minimum absolute atomic E-state index is 0.143. The van der Waals surface area contributed by atoms with E-state index in [0.29, 0.717) is 66.1 Å². The van der Waals surface area contributed by atoms with E-state index in [9.17, 15) is 9.59 Å². The van der Waals surface area contributed by atoms with E-state index >= 15 is 0 Å². The molecule has 0 spiro atoms. The standard InChI is InChI=1S/C24H26N2O6S/c1-15-21(24(28)32-9-8-29-3)16(2)25-22(15)23(27)26(14-18-5-4-12-33-18)17-6-7-19-20(13-17)31-11-10-30-19/h4-7,12-13,25H,8-11,14H2,1-3H3. The summed E-state index contributed by atoms with van der Waals surface area (Å²) in [5.41, 5.74) is 2.52. The number of esters is 1. The summed E-state index contributed by atoms with van der Waals surface area (Å²) in [4.78, 5) is 32.2. The highest BCUT2D eigenvalue weighted by Gasteiger charge is 2.28. The summed E-state index contributed by atoms with van der Waals surface area (Å²) < 4.78 is 21.6. The van der Waals surface area contributed by atoms with Crippen LogP contribution in [0.5, 0.6) is 11.5 Å². The fourth-order valence-electron chi connectivity index (χ4n) is 3.73. The van der Waals surface area contributed by atoms with Crippen LogP contribution in [0.2, 0.25) is 0 Å². The van der Waals surface area contributed by atoms with Crippen LogP contribution >= 0.6 is 11.3 Å². The van der Waals surface area contributed by atoms with Crippen LogP contribution in [0.1, 0.15) is 37.0 Å². The first-order valence-corrected chi connectivity index (χ1v) is 11.5. The fraction of sp³-hybridized carbons (Fsp3) is 0.333. The fourth-order valence-corrected chi connectivity index (χ4v) is 4.43. The molecule has 9 heteroatoms. The van der Waals surface area contributed by atoms with Gasteiger partial charge in [0.1, 0.15) is 25.5 Å². The number of hydrogen-bond acceptors (Lipinski definition) is 7. The van der Waals surface area contributed by atoms with E-state index in [1.807, 2.05) is 35.7 Å². The Morgan fingerprint density at radius 1 is 1.12 bits per heavy atom. The maximum Gasteiger partial charge on any atom is 0.340 e. The lowest BCUT2D eigenvalue weighted by molar-refractivity contribution is 0.0387. The van der Waals surface area contributed by atoms with Crippen molar-refractivity contribution in [2.24, 2.45) is 0 Å². The summed E-state index contributed by atoms with van der Waals surface area (Å²) in [5.74, 6) is 0.518. The van der Waals surface area contributed by atoms with Gasteiger partial charge in [-0.15, -0.1) is 11.3 Å². The van der Waals surface area contributed by atoms with Crippen molar-refractivity contribution >= 4 is 28.9 Å². The van der Waals surface area contributed by atoms with Crippen molar-refractivity contribution in [1.82, 2.24) is 4.98 Å². The van der Waals surface area contributed by atoms with Crippen molar-refractivity contribution in [3.63, 3.8) is 0 Å². The zero-order chi connectivity index (χ0) is 23.4. The molecule has 174 valence electrons. The van der Waals surface area contributed by atoms with Gasteiger partial charge in [0.25, 0.3) is 5.91 Å². The zero-order valence-corrected chi connectivity index (χ0v) is 19.6. The van der Waals surface area contributed by atoms with Gasteiger partial charge in [0.05, 0.1) is 18.7 Å². The average Bonchev–Trinajstić information content (AvgIpc) is 3.44. The van der Waals surface area contributed by atoms with Crippen LogP contribution in [0.3, 0.4) is 0 Å². The maximum atomic E-state index is 13.8. The van der Waals surface area contributed by atoms with Crippen molar-refractivity contribution in [1.29, 1.82) is 0 Å². The van der Waals surface area contributed by atoms with E-state index in [1.165, 1.54) is 7.11 Å². The predicted molar refractivity (Wildman–Crippen MR) is 125 cm³/mol. The van der Waals surface area contributed by atoms with Crippen LogP contribution in [-0.2, 0) is 16.0 Å². The lowest BCUT2D eigenvalue weighted by Gasteiger charge is -2.25. The Balaban J connectivity index is 1.67. The topological polar surface area (TPSA) is 90.1 Å². The molecule has 0 aliphatic carbocycles. The van der Waals surface area contributed by atoms with E-state index in [2.05, 4.69) is 4.98 Å². The molecule has 4 rings (SSSR count). The summed E-state index contributed by atoms with van der Waals surface area (Å²) in [6.45, 7) is 5.28. The van der Waals surface area contributed by atoms with Crippen molar-refractivity contribution in [2.45, 2.75) is 20.4 Å². The van der Waals surface area contributed by atoms with Gasteiger partial charge < -0.3 is 28.8 Å². The maximum absolute atomic E-state index is 13.8. The van der Waals surface area contributed by atoms with E-state index in [0.717, 1.165) is 4.88 Å². The number of carbonyl (C=O) groups excluding carboxylic acids is 2. The molecule has 2 aromatic heterocycles. The Labute approximate surface area is 196 Å². The number of ether oxygens (including phenoxy) is 4. The quantitative estimate of drug-likeness (QED) is 0.394. The monoisotopic (exact) mass is 470 g/mol. The first-order valence-electron chi connectivity index (χ1n) is 10.6. The highest BCUT2D eigenvalue weighted by atomic mass is 32.1. The van der Waals surface area contributed by atoms with Crippen LogP contribution in [0.4, 0.5) is 5.69 Å². The van der Waals surface area contributed by atoms with Gasteiger partial charge in [-0.2, -0.15) is 0 Å². The first-order chi connectivity index (χ1) is 16.0. The number of fused-ring (bicyclic) bond motifs is 1. The number of amides is 1. The molecular formula is C24H26N2O6S. The van der Waals surface area contributed by atoms with E-state index in [-0.39, 0.29) is 12.5 Å². The first kappa shape index (κ1) is 22.9. The normalized spacial score (nSPS) is 12.5. The number of aryl methyl sites for hydroxylation is 1. The highest BCUT2D eigenvalue weighted by Crippen LogP contribution is 2.35. The molecule has 0 saturated carbocycles. The minimum atomic E-state index is -0.485. The third-order valence-electron chi connectivity index (χ3n) is 5.35. The van der Waals surface area contributed by atoms with E-state index < -0.39 is 5.97 Å². The molecular weight excluding hydrogens is 444 g/mol. The van der Waals surface area contributed by atoms with Crippen LogP contribution in [0.15, 0.2) is 35.7 Å². The largest absolute Gasteiger partial charge is 0.486 e. The van der Waals surface area contributed by atoms with Gasteiger partial charge in [-0.25, -0.2) is 4.79 Å². The van der Waals surface area contributed by atoms with Crippen LogP contribution < -0.4 is 14.4 Å². The summed E-state index contributed by atoms with van der Waals surface area (Å²) in [7, 11) is 1.54. The summed E-state index contributed by atoms with van der Waals surface area (Å²) in [6, 6.07) is 9.39. The third-order valence-corrected chi connectivity index (χ3v) is 6.21. The molecule has 1 amide bonds. The number of nitrogens with zero attached hydrogens (tertiary/aromatic N) is 1. The molecule has 0 bridgehead atoms. The number of methoxy groups -OCH3 is 1. The lowest BCUT2D eigenvalue weighted by atomic mass is 10.1. The summed E-state index contributed by atoms with van der Waals surface area (Å²) >= 11 is 1.57. The van der Waals surface area contributed by atoms with Crippen LogP contribution in [0, 0.1) is 13.8 Å².